The van der Waals surface area contributed by atoms with Crippen LogP contribution >= 0.6 is 11.8 Å². The fraction of sp³-hybridized carbons (Fsp3) is 0.200. The molecule has 2 aromatic carbocycles. The van der Waals surface area contributed by atoms with Crippen molar-refractivity contribution in [3.05, 3.63) is 95.9 Å². The van der Waals surface area contributed by atoms with Crippen molar-refractivity contribution in [2.45, 2.75) is 17.2 Å². The third-order valence-electron chi connectivity index (χ3n) is 5.66. The Bertz CT molecular complexity index is 1180. The summed E-state index contributed by atoms with van der Waals surface area (Å²) < 4.78 is 2.04. The smallest absolute Gasteiger partial charge is 0.254 e. The fourth-order valence-corrected chi connectivity index (χ4v) is 4.74. The highest BCUT2D eigenvalue weighted by atomic mass is 32.2. The molecule has 6 heteroatoms. The van der Waals surface area contributed by atoms with Crippen molar-refractivity contribution in [2.24, 2.45) is 0 Å². The maximum atomic E-state index is 13.1. The summed E-state index contributed by atoms with van der Waals surface area (Å²) in [5.41, 5.74) is 5.14. The molecule has 3 heterocycles. The van der Waals surface area contributed by atoms with Gasteiger partial charge in [0.1, 0.15) is 5.65 Å². The Hall–Kier alpha value is -3.25. The van der Waals surface area contributed by atoms with E-state index >= 15 is 0 Å². The van der Waals surface area contributed by atoms with Gasteiger partial charge in [0.15, 0.2) is 0 Å². The number of anilines is 1. The van der Waals surface area contributed by atoms with Gasteiger partial charge in [-0.1, -0.05) is 24.3 Å². The predicted molar refractivity (Wildman–Crippen MR) is 126 cm³/mol. The zero-order chi connectivity index (χ0) is 21.2. The normalized spacial score (nSPS) is 13.8. The third kappa shape index (κ3) is 4.16. The van der Waals surface area contributed by atoms with Crippen molar-refractivity contribution >= 4 is 29.0 Å². The molecule has 2 aromatic heterocycles. The van der Waals surface area contributed by atoms with Gasteiger partial charge >= 0.3 is 0 Å². The van der Waals surface area contributed by atoms with Crippen molar-refractivity contribution in [1.29, 1.82) is 0 Å². The van der Waals surface area contributed by atoms with E-state index < -0.39 is 0 Å². The molecule has 0 radical (unpaired) electrons. The number of aromatic nitrogens is 2. The molecule has 1 aliphatic heterocycles. The Labute approximate surface area is 186 Å². The van der Waals surface area contributed by atoms with Gasteiger partial charge in [-0.2, -0.15) is 0 Å². The summed E-state index contributed by atoms with van der Waals surface area (Å²) in [4.78, 5) is 23.1. The van der Waals surface area contributed by atoms with E-state index in [9.17, 15) is 4.79 Å². The van der Waals surface area contributed by atoms with Crippen LogP contribution < -0.4 is 4.90 Å². The molecule has 31 heavy (non-hydrogen) atoms. The van der Waals surface area contributed by atoms with E-state index in [1.165, 1.54) is 11.3 Å². The van der Waals surface area contributed by atoms with Crippen LogP contribution in [0.1, 0.15) is 21.6 Å². The van der Waals surface area contributed by atoms with Gasteiger partial charge in [0.05, 0.1) is 5.69 Å². The van der Waals surface area contributed by atoms with Crippen LogP contribution in [0.25, 0.3) is 5.65 Å². The molecule has 4 aromatic rings. The van der Waals surface area contributed by atoms with Gasteiger partial charge in [0.2, 0.25) is 0 Å². The monoisotopic (exact) mass is 428 g/mol. The number of thioether (sulfide) groups is 1. The van der Waals surface area contributed by atoms with Gasteiger partial charge < -0.3 is 14.2 Å². The van der Waals surface area contributed by atoms with Crippen molar-refractivity contribution in [2.75, 3.05) is 25.0 Å². The lowest BCUT2D eigenvalue weighted by atomic mass is 10.1. The Balaban J connectivity index is 1.25. The fourth-order valence-electron chi connectivity index (χ4n) is 3.96. The third-order valence-corrected chi connectivity index (χ3v) is 6.70. The molecule has 156 valence electrons. The van der Waals surface area contributed by atoms with Crippen molar-refractivity contribution in [3.8, 4) is 0 Å². The van der Waals surface area contributed by atoms with E-state index in [2.05, 4.69) is 41.3 Å². The summed E-state index contributed by atoms with van der Waals surface area (Å²) in [5.74, 6) is 0.881. The highest BCUT2D eigenvalue weighted by molar-refractivity contribution is 7.98. The van der Waals surface area contributed by atoms with Crippen LogP contribution in [-0.2, 0) is 12.3 Å². The molecule has 1 aliphatic rings. The van der Waals surface area contributed by atoms with Crippen LogP contribution in [0.2, 0.25) is 0 Å². The van der Waals surface area contributed by atoms with Crippen LogP contribution in [0.15, 0.2) is 84.0 Å². The van der Waals surface area contributed by atoms with Crippen LogP contribution in [0, 0.1) is 0 Å². The second-order valence-electron chi connectivity index (χ2n) is 7.79. The molecule has 5 nitrogen and oxygen atoms in total. The van der Waals surface area contributed by atoms with Gasteiger partial charge in [0, 0.05) is 61.0 Å². The number of benzene rings is 2. The number of hydrogen-bond donors (Lipinski definition) is 0. The number of rotatable bonds is 4. The van der Waals surface area contributed by atoms with Crippen LogP contribution in [0.5, 0.6) is 0 Å². The number of hydrogen-bond acceptors (Lipinski definition) is 4. The van der Waals surface area contributed by atoms with E-state index in [4.69, 9.17) is 0 Å². The largest absolute Gasteiger partial charge is 0.373 e. The zero-order valence-electron chi connectivity index (χ0n) is 17.4. The lowest BCUT2D eigenvalue weighted by Gasteiger charge is -2.21. The molecule has 1 amide bonds. The molecule has 5 rings (SSSR count). The van der Waals surface area contributed by atoms with Gasteiger partial charge in [-0.15, -0.1) is 11.8 Å². The molecule has 0 saturated heterocycles. The molecule has 0 spiro atoms. The molecule has 0 N–H and O–H groups in total. The maximum absolute atomic E-state index is 13.1. The summed E-state index contributed by atoms with van der Waals surface area (Å²) in [6.45, 7) is 2.19. The summed E-state index contributed by atoms with van der Waals surface area (Å²) in [5, 5.41) is 0. The summed E-state index contributed by atoms with van der Waals surface area (Å²) in [7, 11) is 2.09. The molecule has 0 atom stereocenters. The molecule has 0 aliphatic carbocycles. The first-order valence-electron chi connectivity index (χ1n) is 10.4. The number of para-hydroxylation sites is 1. The quantitative estimate of drug-likeness (QED) is 0.441. The molecular weight excluding hydrogens is 404 g/mol. The van der Waals surface area contributed by atoms with Crippen LogP contribution in [-0.4, -0.2) is 40.3 Å². The van der Waals surface area contributed by atoms with E-state index in [0.29, 0.717) is 13.1 Å². The number of nitrogens with zero attached hydrogens (tertiary/aromatic N) is 4. The maximum Gasteiger partial charge on any atom is 0.254 e. The van der Waals surface area contributed by atoms with Crippen molar-refractivity contribution in [1.82, 2.24) is 14.3 Å². The second kappa shape index (κ2) is 8.47. The second-order valence-corrected chi connectivity index (χ2v) is 8.84. The summed E-state index contributed by atoms with van der Waals surface area (Å²) >= 11 is 1.73. The van der Waals surface area contributed by atoms with Crippen LogP contribution in [0.4, 0.5) is 5.69 Å². The van der Waals surface area contributed by atoms with Gasteiger partial charge in [-0.05, 0) is 48.0 Å². The minimum Gasteiger partial charge on any atom is -0.373 e. The van der Waals surface area contributed by atoms with Crippen molar-refractivity contribution in [3.63, 3.8) is 0 Å². The zero-order valence-corrected chi connectivity index (χ0v) is 18.3. The number of likely N-dealkylation sites (N-methyl/N-ethyl adjacent to an activating group) is 1. The van der Waals surface area contributed by atoms with E-state index in [1.807, 2.05) is 64.0 Å². The van der Waals surface area contributed by atoms with Gasteiger partial charge in [0.25, 0.3) is 5.91 Å². The standard InChI is InChI=1S/C25H24N4OS/c1-27-14-15-29(16-20-6-2-3-7-23(20)27)25(30)19-9-11-22(12-10-19)31-18-21-17-28-13-5-4-8-24(28)26-21/h2-13,17H,14-16,18H2,1H3. The Morgan fingerprint density at radius 2 is 1.81 bits per heavy atom. The first-order chi connectivity index (χ1) is 15.2. The summed E-state index contributed by atoms with van der Waals surface area (Å²) in [6, 6.07) is 22.3. The number of imidazole rings is 1. The highest BCUT2D eigenvalue weighted by Gasteiger charge is 2.22. The number of fused-ring (bicyclic) bond motifs is 2. The van der Waals surface area contributed by atoms with Crippen molar-refractivity contribution < 1.29 is 4.79 Å². The Morgan fingerprint density at radius 1 is 1.00 bits per heavy atom. The molecule has 0 unspecified atom stereocenters. The predicted octanol–water partition coefficient (Wildman–Crippen LogP) is 4.72. The Morgan fingerprint density at radius 3 is 2.65 bits per heavy atom. The number of amides is 1. The van der Waals surface area contributed by atoms with Gasteiger partial charge in [-0.3, -0.25) is 4.79 Å². The lowest BCUT2D eigenvalue weighted by Crippen LogP contribution is -2.34. The molecule has 0 saturated carbocycles. The molecule has 0 bridgehead atoms. The SMILES string of the molecule is CN1CCN(C(=O)c2ccc(SCc3cn4ccccc4n3)cc2)Cc2ccccc21. The Kier molecular flexibility index (Phi) is 5.38. The number of pyridine rings is 1. The van der Waals surface area contributed by atoms with E-state index in [1.54, 1.807) is 11.8 Å². The lowest BCUT2D eigenvalue weighted by molar-refractivity contribution is 0.0751. The van der Waals surface area contributed by atoms with Gasteiger partial charge in [-0.25, -0.2) is 4.98 Å². The molecule has 0 fully saturated rings. The topological polar surface area (TPSA) is 40.9 Å². The summed E-state index contributed by atoms with van der Waals surface area (Å²) in [6.07, 6.45) is 4.07. The first-order valence-corrected chi connectivity index (χ1v) is 11.4. The van der Waals surface area contributed by atoms with Crippen LogP contribution in [0.3, 0.4) is 0 Å². The highest BCUT2D eigenvalue weighted by Crippen LogP contribution is 2.26. The minimum atomic E-state index is 0.0852. The first kappa shape index (κ1) is 19.7. The van der Waals surface area contributed by atoms with E-state index in [-0.39, 0.29) is 5.91 Å². The molecular formula is C25H24N4OS. The minimum absolute atomic E-state index is 0.0852. The number of carbonyl (C=O) groups excluding carboxylic acids is 1. The average molecular weight is 429 g/mol. The van der Waals surface area contributed by atoms with E-state index in [0.717, 1.165) is 34.1 Å². The number of carbonyl (C=O) groups is 1. The average Bonchev–Trinajstić information content (AvgIpc) is 3.15.